The van der Waals surface area contributed by atoms with E-state index in [0.29, 0.717) is 22.3 Å². The van der Waals surface area contributed by atoms with Gasteiger partial charge in [-0.15, -0.1) is 0 Å². The molecule has 1 aliphatic rings. The lowest BCUT2D eigenvalue weighted by Gasteiger charge is -2.51. The SMILES string of the molecule is O=C(N[C@@H]1[C@@H](O)O[C@H](C(O)Cc2ccccc2)[C@@H](OP(=O)(OCc2ccccc2)OCc2ccccc2)[C@@]1(O)Cc1ccccc1)OCC(Cl)(Cl)Cl. The van der Waals surface area contributed by atoms with Crippen LogP contribution >= 0.6 is 42.6 Å². The summed E-state index contributed by atoms with van der Waals surface area (Å²) in [6.45, 7) is -1.11. The summed E-state index contributed by atoms with van der Waals surface area (Å²) in [4.78, 5) is 13.0. The predicted molar refractivity (Wildman–Crippen MR) is 196 cm³/mol. The molecule has 0 saturated carbocycles. The van der Waals surface area contributed by atoms with Crippen molar-refractivity contribution in [2.45, 2.75) is 66.1 Å². The maximum atomic E-state index is 14.8. The summed E-state index contributed by atoms with van der Waals surface area (Å²) >= 11 is 17.3. The predicted octanol–water partition coefficient (Wildman–Crippen LogP) is 6.67. The van der Waals surface area contributed by atoms with Gasteiger partial charge in [-0.3, -0.25) is 13.6 Å². The number of rotatable bonds is 15. The zero-order chi connectivity index (χ0) is 37.2. The topological polar surface area (TPSA) is 153 Å². The molecule has 1 amide bonds. The van der Waals surface area contributed by atoms with Crippen LogP contribution in [0.15, 0.2) is 121 Å². The van der Waals surface area contributed by atoms with Crippen molar-refractivity contribution in [1.29, 1.82) is 0 Å². The summed E-state index contributed by atoms with van der Waals surface area (Å²) in [5.41, 5.74) is 0.110. The zero-order valence-corrected chi connectivity index (χ0v) is 30.9. The fourth-order valence-electron chi connectivity index (χ4n) is 5.77. The van der Waals surface area contributed by atoms with Gasteiger partial charge in [0.2, 0.25) is 3.79 Å². The van der Waals surface area contributed by atoms with Crippen LogP contribution in [0.2, 0.25) is 0 Å². The molecule has 15 heteroatoms. The number of aliphatic hydroxyl groups is 3. The van der Waals surface area contributed by atoms with E-state index >= 15 is 0 Å². The Morgan fingerprint density at radius 3 is 1.75 bits per heavy atom. The highest BCUT2D eigenvalue weighted by Crippen LogP contribution is 2.55. The third kappa shape index (κ3) is 11.5. The molecule has 1 aliphatic heterocycles. The molecule has 0 bridgehead atoms. The third-order valence-electron chi connectivity index (χ3n) is 8.26. The molecule has 0 radical (unpaired) electrons. The number of phosphoric ester groups is 1. The van der Waals surface area contributed by atoms with E-state index in [9.17, 15) is 24.7 Å². The van der Waals surface area contributed by atoms with E-state index in [2.05, 4.69) is 5.32 Å². The number of hydrogen-bond donors (Lipinski definition) is 4. The Kier molecular flexibility index (Phi) is 14.2. The number of carbonyl (C=O) groups excluding carboxylic acids is 1. The molecule has 1 unspecified atom stereocenters. The molecule has 5 rings (SSSR count). The van der Waals surface area contributed by atoms with Gasteiger partial charge in [-0.2, -0.15) is 0 Å². The number of phosphoric acid groups is 1. The quantitative estimate of drug-likeness (QED) is 0.0758. The van der Waals surface area contributed by atoms with Gasteiger partial charge in [0, 0.05) is 12.8 Å². The summed E-state index contributed by atoms with van der Waals surface area (Å²) in [6, 6.07) is 33.5. The molecule has 4 aromatic carbocycles. The monoisotopic (exact) mass is 793 g/mol. The first-order chi connectivity index (χ1) is 24.8. The molecule has 52 heavy (non-hydrogen) atoms. The molecule has 1 saturated heterocycles. The van der Waals surface area contributed by atoms with E-state index in [1.165, 1.54) is 0 Å². The van der Waals surface area contributed by atoms with Crippen molar-refractivity contribution in [2.75, 3.05) is 6.61 Å². The van der Waals surface area contributed by atoms with Crippen LogP contribution in [0.5, 0.6) is 0 Å². The largest absolute Gasteiger partial charge is 0.475 e. The molecular weight excluding hydrogens is 756 g/mol. The molecule has 4 N–H and O–H groups in total. The standard InChI is InChI=1S/C37H39Cl3NO10P/c38-37(39,40)25-47-35(44)41-32-34(43)50-31(30(42)21-26-13-5-1-6-14-26)33(36(32,45)22-27-15-7-2-8-16-27)51-52(46,48-23-28-17-9-3-10-18-28)49-24-29-19-11-4-12-20-29/h1-20,30-34,42-43,45H,21-25H2,(H,41,44)/t30?,31-,32-,33-,34+,36-/m1/s1. The van der Waals surface area contributed by atoms with Gasteiger partial charge in [0.05, 0.1) is 19.3 Å². The van der Waals surface area contributed by atoms with Crippen molar-refractivity contribution in [3.05, 3.63) is 144 Å². The Hall–Kier alpha value is -3.03. The van der Waals surface area contributed by atoms with Crippen molar-refractivity contribution in [2.24, 2.45) is 0 Å². The number of ether oxygens (including phenoxy) is 2. The summed E-state index contributed by atoms with van der Waals surface area (Å²) in [7, 11) is -4.71. The average Bonchev–Trinajstić information content (AvgIpc) is 3.13. The van der Waals surface area contributed by atoms with Crippen LogP contribution in [0.25, 0.3) is 0 Å². The Bertz CT molecular complexity index is 1690. The molecule has 1 fully saturated rings. The molecule has 4 aromatic rings. The smallest absolute Gasteiger partial charge is 0.445 e. The van der Waals surface area contributed by atoms with Gasteiger partial charge in [-0.1, -0.05) is 156 Å². The molecule has 6 atom stereocenters. The summed E-state index contributed by atoms with van der Waals surface area (Å²) in [5, 5.41) is 38.4. The number of halogens is 3. The van der Waals surface area contributed by atoms with Crippen molar-refractivity contribution >= 4 is 48.7 Å². The number of aliphatic hydroxyl groups excluding tert-OH is 2. The first kappa shape index (κ1) is 40.2. The average molecular weight is 795 g/mol. The number of carbonyl (C=O) groups is 1. The third-order valence-corrected chi connectivity index (χ3v) is 9.96. The van der Waals surface area contributed by atoms with E-state index in [0.717, 1.165) is 0 Å². The van der Waals surface area contributed by atoms with Crippen LogP contribution in [0.1, 0.15) is 22.3 Å². The number of benzene rings is 4. The molecule has 1 heterocycles. The second kappa shape index (κ2) is 18.3. The van der Waals surface area contributed by atoms with Crippen LogP contribution < -0.4 is 5.32 Å². The van der Waals surface area contributed by atoms with Crippen LogP contribution in [-0.4, -0.2) is 68.1 Å². The highest BCUT2D eigenvalue weighted by molar-refractivity contribution is 7.48. The Labute approximate surface area is 316 Å². The molecule has 278 valence electrons. The van der Waals surface area contributed by atoms with Crippen LogP contribution in [0.4, 0.5) is 4.79 Å². The highest BCUT2D eigenvalue weighted by atomic mass is 35.6. The summed E-state index contributed by atoms with van der Waals surface area (Å²) in [5.74, 6) is 0. The minimum absolute atomic E-state index is 0.0249. The van der Waals surface area contributed by atoms with E-state index in [1.807, 2.05) is 18.2 Å². The van der Waals surface area contributed by atoms with Gasteiger partial charge in [0.15, 0.2) is 6.29 Å². The number of alkyl halides is 3. The van der Waals surface area contributed by atoms with Crippen LogP contribution in [-0.2, 0) is 53.7 Å². The van der Waals surface area contributed by atoms with Gasteiger partial charge >= 0.3 is 13.9 Å². The van der Waals surface area contributed by atoms with E-state index < -0.39 is 60.6 Å². The normalized spacial score (nSPS) is 22.7. The fraction of sp³-hybridized carbons (Fsp3) is 0.324. The zero-order valence-electron chi connectivity index (χ0n) is 27.7. The Morgan fingerprint density at radius 1 is 0.808 bits per heavy atom. The van der Waals surface area contributed by atoms with Gasteiger partial charge in [0.1, 0.15) is 30.5 Å². The first-order valence-corrected chi connectivity index (χ1v) is 18.9. The minimum Gasteiger partial charge on any atom is -0.445 e. The number of amides is 1. The second-order valence-corrected chi connectivity index (χ2v) is 16.3. The second-order valence-electron chi connectivity index (χ2n) is 12.2. The van der Waals surface area contributed by atoms with Crippen molar-refractivity contribution in [1.82, 2.24) is 5.32 Å². The van der Waals surface area contributed by atoms with Gasteiger partial charge in [-0.05, 0) is 22.3 Å². The lowest BCUT2D eigenvalue weighted by atomic mass is 9.76. The summed E-state index contributed by atoms with van der Waals surface area (Å²) in [6.07, 6.45) is -8.30. The van der Waals surface area contributed by atoms with Gasteiger partial charge in [-0.25, -0.2) is 9.36 Å². The molecule has 0 aromatic heterocycles. The highest BCUT2D eigenvalue weighted by Gasteiger charge is 2.60. The van der Waals surface area contributed by atoms with Crippen molar-refractivity contribution in [3.63, 3.8) is 0 Å². The molecular formula is C37H39Cl3NO10P. The number of nitrogens with one attached hydrogen (secondary N) is 1. The molecule has 0 aliphatic carbocycles. The summed E-state index contributed by atoms with van der Waals surface area (Å²) < 4.78 is 41.9. The number of alkyl carbamates (subject to hydrolysis) is 1. The minimum atomic E-state index is -4.71. The van der Waals surface area contributed by atoms with Gasteiger partial charge in [0.25, 0.3) is 0 Å². The van der Waals surface area contributed by atoms with E-state index in [-0.39, 0.29) is 26.1 Å². The van der Waals surface area contributed by atoms with Crippen LogP contribution in [0, 0.1) is 0 Å². The van der Waals surface area contributed by atoms with Crippen molar-refractivity contribution in [3.8, 4) is 0 Å². The van der Waals surface area contributed by atoms with Crippen molar-refractivity contribution < 1.29 is 47.7 Å². The van der Waals surface area contributed by atoms with Gasteiger partial charge < -0.3 is 30.1 Å². The van der Waals surface area contributed by atoms with E-state index in [1.54, 1.807) is 103 Å². The maximum Gasteiger partial charge on any atom is 0.475 e. The Balaban J connectivity index is 1.56. The molecule has 0 spiro atoms. The lowest BCUT2D eigenvalue weighted by Crippen LogP contribution is -2.74. The lowest BCUT2D eigenvalue weighted by molar-refractivity contribution is -0.294. The maximum absolute atomic E-state index is 14.8. The van der Waals surface area contributed by atoms with Crippen LogP contribution in [0.3, 0.4) is 0 Å². The fourth-order valence-corrected chi connectivity index (χ4v) is 7.33. The van der Waals surface area contributed by atoms with E-state index in [4.69, 9.17) is 57.8 Å². The number of hydrogen-bond acceptors (Lipinski definition) is 10. The molecule has 11 nitrogen and oxygen atoms in total. The Morgan fingerprint density at radius 2 is 1.27 bits per heavy atom. The first-order valence-electron chi connectivity index (χ1n) is 16.3.